The van der Waals surface area contributed by atoms with Gasteiger partial charge in [0.1, 0.15) is 0 Å². The van der Waals surface area contributed by atoms with Gasteiger partial charge in [-0.25, -0.2) is 5.43 Å². The van der Waals surface area contributed by atoms with Gasteiger partial charge in [-0.3, -0.25) is 9.78 Å². The summed E-state index contributed by atoms with van der Waals surface area (Å²) < 4.78 is 0. The Labute approximate surface area is 179 Å². The summed E-state index contributed by atoms with van der Waals surface area (Å²) in [4.78, 5) is 16.4. The highest BCUT2D eigenvalue weighted by atomic mass is 16.3. The van der Waals surface area contributed by atoms with Crippen molar-refractivity contribution < 1.29 is 9.90 Å². The third-order valence-corrected chi connectivity index (χ3v) is 9.61. The number of aliphatic hydroxyl groups is 1. The first-order valence-electron chi connectivity index (χ1n) is 11.9. The zero-order chi connectivity index (χ0) is 20.9. The summed E-state index contributed by atoms with van der Waals surface area (Å²) in [5.74, 6) is 2.77. The van der Waals surface area contributed by atoms with Gasteiger partial charge in [0, 0.05) is 29.1 Å². The number of carbonyl (C=O) groups excluding carboxylic acids is 1. The highest BCUT2D eigenvalue weighted by molar-refractivity contribution is 5.97. The van der Waals surface area contributed by atoms with Crippen LogP contribution >= 0.6 is 0 Å². The molecule has 7 atom stereocenters. The number of aromatic nitrogens is 1. The van der Waals surface area contributed by atoms with E-state index in [0.29, 0.717) is 22.8 Å². The Bertz CT molecular complexity index is 840. The van der Waals surface area contributed by atoms with Crippen molar-refractivity contribution in [2.75, 3.05) is 0 Å². The number of hydrazone groups is 1. The number of fused-ring (bicyclic) bond motifs is 5. The number of rotatable bonds is 2. The van der Waals surface area contributed by atoms with E-state index in [2.05, 4.69) is 29.4 Å². The largest absolute Gasteiger partial charge is 0.393 e. The van der Waals surface area contributed by atoms with Crippen LogP contribution in [0.3, 0.4) is 0 Å². The molecule has 4 saturated carbocycles. The molecule has 1 aromatic heterocycles. The Morgan fingerprint density at radius 1 is 1.10 bits per heavy atom. The molecule has 4 aliphatic rings. The standard InChI is InChI=1S/C25H35N3O2/c1-24-11-7-18(29)15-17(24)3-4-19-20-5-6-22(25(20,2)12-8-21(19)24)27-28-23(30)16-9-13-26-14-10-16/h9-10,13-14,17-21,29H,3-8,11-12,15H2,1-2H3,(H,28,30)/b27-22-/t17-,18?,19?,20?,21?,24?,25?/m0/s1. The summed E-state index contributed by atoms with van der Waals surface area (Å²) in [6, 6.07) is 3.44. The van der Waals surface area contributed by atoms with E-state index in [9.17, 15) is 9.90 Å². The van der Waals surface area contributed by atoms with Gasteiger partial charge in [0.15, 0.2) is 0 Å². The number of amides is 1. The number of hydrogen-bond acceptors (Lipinski definition) is 4. The monoisotopic (exact) mass is 409 g/mol. The lowest BCUT2D eigenvalue weighted by molar-refractivity contribution is -0.113. The molecule has 0 aliphatic heterocycles. The SMILES string of the molecule is CC12CCC3C(CC[C@H]4CC(O)CCC34C)C1CC/C2=N/NC(=O)c1ccncc1. The molecule has 30 heavy (non-hydrogen) atoms. The maximum Gasteiger partial charge on any atom is 0.271 e. The van der Waals surface area contributed by atoms with E-state index in [1.165, 1.54) is 44.2 Å². The molecule has 0 saturated heterocycles. The zero-order valence-electron chi connectivity index (χ0n) is 18.3. The molecule has 4 fully saturated rings. The van der Waals surface area contributed by atoms with Crippen molar-refractivity contribution in [2.45, 2.75) is 77.7 Å². The topological polar surface area (TPSA) is 74.6 Å². The lowest BCUT2D eigenvalue weighted by Crippen LogP contribution is -2.54. The first kappa shape index (κ1) is 20.2. The van der Waals surface area contributed by atoms with E-state index in [1.807, 2.05) is 0 Å². The number of aliphatic hydroxyl groups excluding tert-OH is 1. The van der Waals surface area contributed by atoms with Gasteiger partial charge in [0.25, 0.3) is 5.91 Å². The van der Waals surface area contributed by atoms with Crippen LogP contribution in [0.1, 0.15) is 82.0 Å². The van der Waals surface area contributed by atoms with Crippen molar-refractivity contribution in [1.29, 1.82) is 0 Å². The average Bonchev–Trinajstić information content (AvgIpc) is 3.09. The van der Waals surface area contributed by atoms with Crippen LogP contribution in [0.4, 0.5) is 0 Å². The predicted molar refractivity (Wildman–Crippen MR) is 117 cm³/mol. The van der Waals surface area contributed by atoms with Crippen LogP contribution in [0.15, 0.2) is 29.6 Å². The number of nitrogens with zero attached hydrogens (tertiary/aromatic N) is 2. The van der Waals surface area contributed by atoms with Crippen molar-refractivity contribution in [2.24, 2.45) is 39.6 Å². The van der Waals surface area contributed by atoms with Gasteiger partial charge in [0.2, 0.25) is 0 Å². The van der Waals surface area contributed by atoms with Gasteiger partial charge in [-0.15, -0.1) is 0 Å². The zero-order valence-corrected chi connectivity index (χ0v) is 18.3. The minimum absolute atomic E-state index is 0.0808. The van der Waals surface area contributed by atoms with Gasteiger partial charge < -0.3 is 5.11 Å². The second-order valence-corrected chi connectivity index (χ2v) is 10.8. The molecule has 2 N–H and O–H groups in total. The molecule has 0 spiro atoms. The third-order valence-electron chi connectivity index (χ3n) is 9.61. The fourth-order valence-electron chi connectivity index (χ4n) is 7.89. The average molecular weight is 410 g/mol. The minimum Gasteiger partial charge on any atom is -0.393 e. The van der Waals surface area contributed by atoms with Crippen molar-refractivity contribution in [3.63, 3.8) is 0 Å². The van der Waals surface area contributed by atoms with Gasteiger partial charge in [-0.05, 0) is 99.0 Å². The van der Waals surface area contributed by atoms with E-state index in [-0.39, 0.29) is 17.4 Å². The van der Waals surface area contributed by atoms with Crippen LogP contribution in [0.2, 0.25) is 0 Å². The molecule has 0 aromatic carbocycles. The van der Waals surface area contributed by atoms with E-state index in [1.54, 1.807) is 24.5 Å². The van der Waals surface area contributed by atoms with Crippen molar-refractivity contribution >= 4 is 11.6 Å². The van der Waals surface area contributed by atoms with Crippen LogP contribution in [0.5, 0.6) is 0 Å². The number of carbonyl (C=O) groups is 1. The lowest BCUT2D eigenvalue weighted by Gasteiger charge is -2.60. The first-order chi connectivity index (χ1) is 14.4. The highest BCUT2D eigenvalue weighted by Gasteiger charge is 2.59. The van der Waals surface area contributed by atoms with Crippen LogP contribution in [-0.4, -0.2) is 27.8 Å². The number of nitrogens with one attached hydrogen (secondary N) is 1. The molecular weight excluding hydrogens is 374 g/mol. The first-order valence-corrected chi connectivity index (χ1v) is 11.9. The molecule has 5 nitrogen and oxygen atoms in total. The van der Waals surface area contributed by atoms with E-state index in [4.69, 9.17) is 0 Å². The Morgan fingerprint density at radius 2 is 1.90 bits per heavy atom. The Kier molecular flexibility index (Phi) is 5.00. The molecule has 0 bridgehead atoms. The van der Waals surface area contributed by atoms with Gasteiger partial charge >= 0.3 is 0 Å². The summed E-state index contributed by atoms with van der Waals surface area (Å²) >= 11 is 0. The molecule has 5 rings (SSSR count). The van der Waals surface area contributed by atoms with E-state index < -0.39 is 0 Å². The summed E-state index contributed by atoms with van der Waals surface area (Å²) in [6.07, 6.45) is 13.6. The van der Waals surface area contributed by atoms with Crippen molar-refractivity contribution in [3.8, 4) is 0 Å². The van der Waals surface area contributed by atoms with Crippen LogP contribution in [-0.2, 0) is 0 Å². The molecule has 162 valence electrons. The van der Waals surface area contributed by atoms with Crippen LogP contribution in [0.25, 0.3) is 0 Å². The Balaban J connectivity index is 1.33. The van der Waals surface area contributed by atoms with Gasteiger partial charge in [-0.1, -0.05) is 13.8 Å². The Morgan fingerprint density at radius 3 is 2.70 bits per heavy atom. The van der Waals surface area contributed by atoms with E-state index in [0.717, 1.165) is 31.1 Å². The second-order valence-electron chi connectivity index (χ2n) is 10.8. The third kappa shape index (κ3) is 3.12. The molecule has 1 aromatic rings. The fraction of sp³-hybridized carbons (Fsp3) is 0.720. The van der Waals surface area contributed by atoms with Crippen molar-refractivity contribution in [3.05, 3.63) is 30.1 Å². The summed E-state index contributed by atoms with van der Waals surface area (Å²) in [7, 11) is 0. The van der Waals surface area contributed by atoms with Crippen molar-refractivity contribution in [1.82, 2.24) is 10.4 Å². The maximum absolute atomic E-state index is 12.5. The summed E-state index contributed by atoms with van der Waals surface area (Å²) in [5.41, 5.74) is 5.13. The predicted octanol–water partition coefficient (Wildman–Crippen LogP) is 4.57. The molecule has 4 aliphatic carbocycles. The lowest BCUT2D eigenvalue weighted by atomic mass is 9.45. The molecule has 0 radical (unpaired) electrons. The van der Waals surface area contributed by atoms with Gasteiger partial charge in [0.05, 0.1) is 6.10 Å². The smallest absolute Gasteiger partial charge is 0.271 e. The van der Waals surface area contributed by atoms with E-state index >= 15 is 0 Å². The van der Waals surface area contributed by atoms with Gasteiger partial charge in [-0.2, -0.15) is 5.10 Å². The molecule has 6 unspecified atom stereocenters. The maximum atomic E-state index is 12.5. The number of hydrogen-bond donors (Lipinski definition) is 2. The molecule has 1 heterocycles. The molecular formula is C25H35N3O2. The highest BCUT2D eigenvalue weighted by Crippen LogP contribution is 2.65. The quantitative estimate of drug-likeness (QED) is 0.703. The normalized spacial score (nSPS) is 44.1. The number of pyridine rings is 1. The van der Waals surface area contributed by atoms with Crippen LogP contribution in [0, 0.1) is 34.5 Å². The molecule has 5 heteroatoms. The summed E-state index contributed by atoms with van der Waals surface area (Å²) in [6.45, 7) is 4.93. The second kappa shape index (κ2) is 7.44. The Hall–Kier alpha value is -1.75. The summed E-state index contributed by atoms with van der Waals surface area (Å²) in [5, 5.41) is 14.9. The molecule has 1 amide bonds. The fourth-order valence-corrected chi connectivity index (χ4v) is 7.89. The van der Waals surface area contributed by atoms with Crippen LogP contribution < -0.4 is 5.43 Å². The minimum atomic E-state index is -0.153.